The minimum absolute atomic E-state index is 0.0307. The fraction of sp³-hybridized carbons (Fsp3) is 0.429. The van der Waals surface area contributed by atoms with E-state index in [1.165, 1.54) is 0 Å². The molecule has 1 fully saturated rings. The Bertz CT molecular complexity index is 457. The number of hydrogen-bond acceptors (Lipinski definition) is 2. The molecule has 1 atom stereocenters. The van der Waals surface area contributed by atoms with Crippen molar-refractivity contribution in [3.05, 3.63) is 29.8 Å². The van der Waals surface area contributed by atoms with Gasteiger partial charge in [0.1, 0.15) is 6.04 Å². The van der Waals surface area contributed by atoms with Crippen molar-refractivity contribution in [3.8, 4) is 0 Å². The van der Waals surface area contributed by atoms with Gasteiger partial charge in [0.2, 0.25) is 11.8 Å². The van der Waals surface area contributed by atoms with E-state index in [1.807, 2.05) is 31.2 Å². The average Bonchev–Trinajstić information content (AvgIpc) is 2.54. The van der Waals surface area contributed by atoms with Gasteiger partial charge < -0.3 is 10.6 Å². The van der Waals surface area contributed by atoms with Crippen molar-refractivity contribution in [1.29, 1.82) is 0 Å². The predicted molar refractivity (Wildman–Crippen MR) is 70.2 cm³/mol. The van der Waals surface area contributed by atoms with E-state index in [0.29, 0.717) is 12.8 Å². The fourth-order valence-corrected chi connectivity index (χ4v) is 2.12. The molecule has 1 unspecified atom stereocenters. The van der Waals surface area contributed by atoms with Crippen LogP contribution in [0.1, 0.15) is 31.2 Å². The molecule has 2 amide bonds. The Morgan fingerprint density at radius 1 is 1.39 bits per heavy atom. The first-order valence-corrected chi connectivity index (χ1v) is 6.32. The molecule has 0 saturated carbocycles. The van der Waals surface area contributed by atoms with Crippen LogP contribution in [0.2, 0.25) is 0 Å². The lowest BCUT2D eigenvalue weighted by Crippen LogP contribution is -2.42. The van der Waals surface area contributed by atoms with Crippen LogP contribution in [0.3, 0.4) is 0 Å². The highest BCUT2D eigenvalue weighted by Crippen LogP contribution is 2.13. The van der Waals surface area contributed by atoms with Crippen molar-refractivity contribution in [2.24, 2.45) is 0 Å². The smallest absolute Gasteiger partial charge is 0.246 e. The van der Waals surface area contributed by atoms with Crippen LogP contribution in [0.25, 0.3) is 0 Å². The quantitative estimate of drug-likeness (QED) is 0.838. The zero-order valence-electron chi connectivity index (χ0n) is 10.5. The summed E-state index contributed by atoms with van der Waals surface area (Å²) >= 11 is 0. The predicted octanol–water partition coefficient (Wildman–Crippen LogP) is 1.99. The van der Waals surface area contributed by atoms with Crippen molar-refractivity contribution in [3.63, 3.8) is 0 Å². The van der Waals surface area contributed by atoms with Crippen molar-refractivity contribution in [2.45, 2.75) is 38.6 Å². The van der Waals surface area contributed by atoms with E-state index < -0.39 is 6.04 Å². The molecule has 4 heteroatoms. The standard InChI is InChI=1S/C14H18N2O2/c1-10-5-4-6-11(9-10)15-14(18)12-7-2-3-8-13(17)16-12/h4-6,9,12H,2-3,7-8H2,1H3,(H,15,18)(H,16,17). The van der Waals surface area contributed by atoms with Gasteiger partial charge in [-0.05, 0) is 37.5 Å². The first kappa shape index (κ1) is 12.6. The second-order valence-corrected chi connectivity index (χ2v) is 4.72. The minimum Gasteiger partial charge on any atom is -0.344 e. The second kappa shape index (κ2) is 5.67. The maximum Gasteiger partial charge on any atom is 0.246 e. The maximum atomic E-state index is 12.1. The number of nitrogens with one attached hydrogen (secondary N) is 2. The molecule has 96 valence electrons. The van der Waals surface area contributed by atoms with Crippen LogP contribution >= 0.6 is 0 Å². The molecule has 1 aliphatic rings. The summed E-state index contributed by atoms with van der Waals surface area (Å²) in [5.74, 6) is -0.159. The fourth-order valence-electron chi connectivity index (χ4n) is 2.12. The first-order valence-electron chi connectivity index (χ1n) is 6.32. The summed E-state index contributed by atoms with van der Waals surface area (Å²) in [6.45, 7) is 1.98. The van der Waals surface area contributed by atoms with Crippen LogP contribution in [0, 0.1) is 6.92 Å². The minimum atomic E-state index is -0.402. The van der Waals surface area contributed by atoms with Gasteiger partial charge in [-0.2, -0.15) is 0 Å². The molecule has 0 bridgehead atoms. The number of anilines is 1. The van der Waals surface area contributed by atoms with E-state index in [2.05, 4.69) is 10.6 Å². The Morgan fingerprint density at radius 2 is 2.22 bits per heavy atom. The molecule has 1 saturated heterocycles. The Morgan fingerprint density at radius 3 is 3.00 bits per heavy atom. The second-order valence-electron chi connectivity index (χ2n) is 4.72. The van der Waals surface area contributed by atoms with Gasteiger partial charge in [-0.15, -0.1) is 0 Å². The highest BCUT2D eigenvalue weighted by molar-refractivity contribution is 5.97. The molecule has 2 rings (SSSR count). The van der Waals surface area contributed by atoms with Gasteiger partial charge in [0.05, 0.1) is 0 Å². The molecular formula is C14H18N2O2. The molecule has 4 nitrogen and oxygen atoms in total. The summed E-state index contributed by atoms with van der Waals surface area (Å²) in [6, 6.07) is 7.24. The summed E-state index contributed by atoms with van der Waals surface area (Å²) in [6.07, 6.45) is 3.00. The largest absolute Gasteiger partial charge is 0.344 e. The Hall–Kier alpha value is -1.84. The van der Waals surface area contributed by atoms with Gasteiger partial charge in [0.15, 0.2) is 0 Å². The van der Waals surface area contributed by atoms with Crippen LogP contribution < -0.4 is 10.6 Å². The highest BCUT2D eigenvalue weighted by atomic mass is 16.2. The normalized spacial score (nSPS) is 19.8. The van der Waals surface area contributed by atoms with Gasteiger partial charge >= 0.3 is 0 Å². The third-order valence-electron chi connectivity index (χ3n) is 3.08. The van der Waals surface area contributed by atoms with Crippen LogP contribution in [-0.4, -0.2) is 17.9 Å². The van der Waals surface area contributed by atoms with Gasteiger partial charge in [0, 0.05) is 12.1 Å². The lowest BCUT2D eigenvalue weighted by molar-refractivity contribution is -0.125. The van der Waals surface area contributed by atoms with E-state index in [9.17, 15) is 9.59 Å². The molecule has 2 N–H and O–H groups in total. The zero-order valence-corrected chi connectivity index (χ0v) is 10.5. The van der Waals surface area contributed by atoms with Crippen LogP contribution in [-0.2, 0) is 9.59 Å². The third kappa shape index (κ3) is 3.32. The lowest BCUT2D eigenvalue weighted by atomic mass is 10.1. The molecular weight excluding hydrogens is 228 g/mol. The Balaban J connectivity index is 2.00. The van der Waals surface area contributed by atoms with Gasteiger partial charge in [0.25, 0.3) is 0 Å². The number of rotatable bonds is 2. The number of carbonyl (C=O) groups excluding carboxylic acids is 2. The van der Waals surface area contributed by atoms with Gasteiger partial charge in [-0.25, -0.2) is 0 Å². The molecule has 1 aliphatic heterocycles. The van der Waals surface area contributed by atoms with E-state index in [4.69, 9.17) is 0 Å². The molecule has 1 heterocycles. The molecule has 0 spiro atoms. The van der Waals surface area contributed by atoms with E-state index in [1.54, 1.807) is 0 Å². The van der Waals surface area contributed by atoms with E-state index >= 15 is 0 Å². The average molecular weight is 246 g/mol. The Labute approximate surface area is 107 Å². The monoisotopic (exact) mass is 246 g/mol. The third-order valence-corrected chi connectivity index (χ3v) is 3.08. The number of hydrogen-bond donors (Lipinski definition) is 2. The number of benzene rings is 1. The van der Waals surface area contributed by atoms with Crippen LogP contribution in [0.5, 0.6) is 0 Å². The van der Waals surface area contributed by atoms with Gasteiger partial charge in [-0.1, -0.05) is 18.6 Å². The Kier molecular flexibility index (Phi) is 3.97. The number of aryl methyl sites for hydroxylation is 1. The van der Waals surface area contributed by atoms with E-state index in [0.717, 1.165) is 24.1 Å². The summed E-state index contributed by atoms with van der Waals surface area (Å²) in [5.41, 5.74) is 1.87. The highest BCUT2D eigenvalue weighted by Gasteiger charge is 2.22. The number of carbonyl (C=O) groups is 2. The summed E-state index contributed by atoms with van der Waals surface area (Å²) in [7, 11) is 0. The van der Waals surface area contributed by atoms with Crippen LogP contribution in [0.4, 0.5) is 5.69 Å². The molecule has 18 heavy (non-hydrogen) atoms. The molecule has 0 aliphatic carbocycles. The van der Waals surface area contributed by atoms with E-state index in [-0.39, 0.29) is 11.8 Å². The summed E-state index contributed by atoms with van der Waals surface area (Å²) in [4.78, 5) is 23.5. The van der Waals surface area contributed by atoms with Crippen molar-refractivity contribution in [2.75, 3.05) is 5.32 Å². The number of amides is 2. The first-order chi connectivity index (χ1) is 8.65. The maximum absolute atomic E-state index is 12.1. The summed E-state index contributed by atoms with van der Waals surface area (Å²) < 4.78 is 0. The van der Waals surface area contributed by atoms with Crippen LogP contribution in [0.15, 0.2) is 24.3 Å². The van der Waals surface area contributed by atoms with Crippen molar-refractivity contribution in [1.82, 2.24) is 5.32 Å². The topological polar surface area (TPSA) is 58.2 Å². The van der Waals surface area contributed by atoms with Gasteiger partial charge in [-0.3, -0.25) is 9.59 Å². The van der Waals surface area contributed by atoms with Crippen molar-refractivity contribution < 1.29 is 9.59 Å². The molecule has 0 aromatic heterocycles. The molecule has 0 radical (unpaired) electrons. The molecule has 1 aromatic rings. The SMILES string of the molecule is Cc1cccc(NC(=O)C2CCCCC(=O)N2)c1. The molecule has 1 aromatic carbocycles. The lowest BCUT2D eigenvalue weighted by Gasteiger charge is -2.15. The zero-order chi connectivity index (χ0) is 13.0. The summed E-state index contributed by atoms with van der Waals surface area (Å²) in [5, 5.41) is 5.61. The van der Waals surface area contributed by atoms with Crippen molar-refractivity contribution >= 4 is 17.5 Å².